The maximum absolute atomic E-state index is 6.39. The van der Waals surface area contributed by atoms with Crippen molar-refractivity contribution in [3.63, 3.8) is 0 Å². The summed E-state index contributed by atoms with van der Waals surface area (Å²) in [7, 11) is 0. The molecule has 0 aliphatic rings. The topological polar surface area (TPSA) is 16.4 Å². The third-order valence-corrected chi connectivity index (χ3v) is 10.8. The third-order valence-electron chi connectivity index (χ3n) is 10.8. The van der Waals surface area contributed by atoms with E-state index in [2.05, 4.69) is 212 Å². The van der Waals surface area contributed by atoms with Crippen LogP contribution in [0.5, 0.6) is 0 Å². The molecule has 10 rings (SSSR count). The highest BCUT2D eigenvalue weighted by atomic mass is 16.3. The molecule has 0 bridgehead atoms. The molecule has 0 aliphatic heterocycles. The predicted molar refractivity (Wildman–Crippen MR) is 239 cm³/mol. The second-order valence-electron chi connectivity index (χ2n) is 14.2. The molecule has 0 aliphatic carbocycles. The van der Waals surface area contributed by atoms with Crippen molar-refractivity contribution in [1.29, 1.82) is 0 Å². The van der Waals surface area contributed by atoms with Gasteiger partial charge in [-0.25, -0.2) is 0 Å². The van der Waals surface area contributed by atoms with Crippen molar-refractivity contribution in [2.75, 3.05) is 4.90 Å². The third kappa shape index (κ3) is 6.04. The monoisotopic (exact) mass is 715 g/mol. The minimum Gasteiger partial charge on any atom is -0.456 e. The van der Waals surface area contributed by atoms with E-state index in [4.69, 9.17) is 4.42 Å². The fourth-order valence-electron chi connectivity index (χ4n) is 8.06. The van der Waals surface area contributed by atoms with Gasteiger partial charge in [0.15, 0.2) is 0 Å². The van der Waals surface area contributed by atoms with Crippen LogP contribution in [0.15, 0.2) is 217 Å². The zero-order valence-corrected chi connectivity index (χ0v) is 30.8. The van der Waals surface area contributed by atoms with Crippen molar-refractivity contribution in [3.05, 3.63) is 218 Å². The van der Waals surface area contributed by atoms with Crippen molar-refractivity contribution in [3.8, 4) is 33.4 Å². The second-order valence-corrected chi connectivity index (χ2v) is 14.2. The number of para-hydroxylation sites is 1. The molecule has 0 atom stereocenters. The number of rotatable bonds is 8. The van der Waals surface area contributed by atoms with E-state index in [1.165, 1.54) is 38.2 Å². The highest BCUT2D eigenvalue weighted by Crippen LogP contribution is 2.43. The van der Waals surface area contributed by atoms with Gasteiger partial charge in [0.2, 0.25) is 0 Å². The van der Waals surface area contributed by atoms with Crippen molar-refractivity contribution in [2.45, 2.75) is 0 Å². The summed E-state index contributed by atoms with van der Waals surface area (Å²) in [4.78, 5) is 2.36. The Morgan fingerprint density at radius 1 is 0.411 bits per heavy atom. The van der Waals surface area contributed by atoms with Crippen LogP contribution in [0.25, 0.3) is 82.9 Å². The first kappa shape index (κ1) is 33.2. The highest BCUT2D eigenvalue weighted by molar-refractivity contribution is 6.11. The molecule has 0 spiro atoms. The zero-order valence-electron chi connectivity index (χ0n) is 30.8. The van der Waals surface area contributed by atoms with Gasteiger partial charge in [-0.1, -0.05) is 158 Å². The van der Waals surface area contributed by atoms with Gasteiger partial charge in [0.1, 0.15) is 11.2 Å². The quantitative estimate of drug-likeness (QED) is 0.146. The van der Waals surface area contributed by atoms with Gasteiger partial charge in [0, 0.05) is 27.7 Å². The Balaban J connectivity index is 1.08. The number of allylic oxidation sites excluding steroid dienone is 2. The van der Waals surface area contributed by atoms with Gasteiger partial charge in [-0.05, 0) is 116 Å². The number of fused-ring (bicyclic) bond motifs is 5. The van der Waals surface area contributed by atoms with Crippen LogP contribution in [-0.4, -0.2) is 0 Å². The first-order valence-corrected chi connectivity index (χ1v) is 19.0. The lowest BCUT2D eigenvalue weighted by Gasteiger charge is -2.28. The molecular formula is C54H37NO. The van der Waals surface area contributed by atoms with Gasteiger partial charge >= 0.3 is 0 Å². The van der Waals surface area contributed by atoms with Crippen LogP contribution in [-0.2, 0) is 0 Å². The van der Waals surface area contributed by atoms with Crippen LogP contribution in [0.4, 0.5) is 17.1 Å². The van der Waals surface area contributed by atoms with E-state index in [-0.39, 0.29) is 0 Å². The molecule has 0 radical (unpaired) electrons. The van der Waals surface area contributed by atoms with Crippen molar-refractivity contribution in [2.24, 2.45) is 0 Å². The minimum absolute atomic E-state index is 0.884. The molecule has 1 heterocycles. The van der Waals surface area contributed by atoms with E-state index in [9.17, 15) is 0 Å². The van der Waals surface area contributed by atoms with Crippen molar-refractivity contribution < 1.29 is 4.42 Å². The number of hydrogen-bond acceptors (Lipinski definition) is 2. The first-order chi connectivity index (χ1) is 27.7. The van der Waals surface area contributed by atoms with Crippen LogP contribution in [0.2, 0.25) is 0 Å². The van der Waals surface area contributed by atoms with E-state index in [0.717, 1.165) is 61.3 Å². The van der Waals surface area contributed by atoms with E-state index in [1.807, 2.05) is 12.2 Å². The Morgan fingerprint density at radius 2 is 1.07 bits per heavy atom. The van der Waals surface area contributed by atoms with Crippen LogP contribution in [0.1, 0.15) is 5.56 Å². The van der Waals surface area contributed by atoms with Crippen LogP contribution >= 0.6 is 0 Å². The SMILES string of the molecule is C=C/C=C\c1cccc(N(c2ccc(-c3cccc(-c4cccc5ccccc45)c3)cc2)c2ccccc2-c2ccc3oc4cc5ccccc5cc4c3c2)c1. The van der Waals surface area contributed by atoms with Gasteiger partial charge < -0.3 is 9.32 Å². The number of nitrogens with zero attached hydrogens (tertiary/aromatic N) is 1. The maximum atomic E-state index is 6.39. The number of furan rings is 1. The highest BCUT2D eigenvalue weighted by Gasteiger charge is 2.19. The molecule has 0 amide bonds. The van der Waals surface area contributed by atoms with Gasteiger partial charge in [0.05, 0.1) is 5.69 Å². The van der Waals surface area contributed by atoms with Gasteiger partial charge in [-0.2, -0.15) is 0 Å². The van der Waals surface area contributed by atoms with Crippen molar-refractivity contribution in [1.82, 2.24) is 0 Å². The maximum Gasteiger partial charge on any atom is 0.136 e. The normalized spacial score (nSPS) is 11.6. The average molecular weight is 716 g/mol. The summed E-state index contributed by atoms with van der Waals surface area (Å²) in [6.45, 7) is 3.89. The van der Waals surface area contributed by atoms with Crippen LogP contribution in [0, 0.1) is 0 Å². The van der Waals surface area contributed by atoms with E-state index in [1.54, 1.807) is 0 Å². The molecule has 2 heteroatoms. The number of hydrogen-bond donors (Lipinski definition) is 0. The van der Waals surface area contributed by atoms with Gasteiger partial charge in [-0.15, -0.1) is 0 Å². The summed E-state index contributed by atoms with van der Waals surface area (Å²) in [6.07, 6.45) is 5.88. The Labute approximate surface area is 326 Å². The van der Waals surface area contributed by atoms with Crippen molar-refractivity contribution >= 4 is 66.6 Å². The van der Waals surface area contributed by atoms with E-state index < -0.39 is 0 Å². The summed E-state index contributed by atoms with van der Waals surface area (Å²) >= 11 is 0. The molecule has 264 valence electrons. The Morgan fingerprint density at radius 3 is 1.95 bits per heavy atom. The lowest BCUT2D eigenvalue weighted by Crippen LogP contribution is -2.11. The molecule has 0 N–H and O–H groups in total. The summed E-state index contributed by atoms with van der Waals surface area (Å²) in [5, 5.41) is 7.11. The Bertz CT molecular complexity index is 3100. The summed E-state index contributed by atoms with van der Waals surface area (Å²) in [5.41, 5.74) is 13.1. The summed E-state index contributed by atoms with van der Waals surface area (Å²) in [5.74, 6) is 0. The molecule has 0 fully saturated rings. The minimum atomic E-state index is 0.884. The zero-order chi connectivity index (χ0) is 37.4. The molecule has 10 aromatic rings. The fourth-order valence-corrected chi connectivity index (χ4v) is 8.06. The smallest absolute Gasteiger partial charge is 0.136 e. The molecule has 9 aromatic carbocycles. The standard InChI is InChI=1S/C54H37NO/c1-2-3-13-37-14-10-21-46(32-37)55(45-29-26-38(27-30-45)40-19-11-20-43(33-40)48-24-12-18-39-15-6-7-22-47(39)48)52-25-9-8-23-49(52)44-28-31-53-50(35-44)51-34-41-16-4-5-17-42(41)36-54(51)56-53/h2-36H,1H2/b13-3-. The Kier molecular flexibility index (Phi) is 8.35. The molecule has 2 nitrogen and oxygen atoms in total. The molecule has 56 heavy (non-hydrogen) atoms. The molecule has 1 aromatic heterocycles. The largest absolute Gasteiger partial charge is 0.456 e. The van der Waals surface area contributed by atoms with E-state index in [0.29, 0.717) is 0 Å². The molecule has 0 saturated carbocycles. The van der Waals surface area contributed by atoms with Crippen LogP contribution in [0.3, 0.4) is 0 Å². The Hall–Kier alpha value is -7.42. The number of benzene rings is 9. The molecule has 0 unspecified atom stereocenters. The molecule has 0 saturated heterocycles. The van der Waals surface area contributed by atoms with Gasteiger partial charge in [0.25, 0.3) is 0 Å². The number of anilines is 3. The lowest BCUT2D eigenvalue weighted by atomic mass is 9.95. The summed E-state index contributed by atoms with van der Waals surface area (Å²) < 4.78 is 6.39. The predicted octanol–water partition coefficient (Wildman–Crippen LogP) is 15.6. The van der Waals surface area contributed by atoms with Crippen LogP contribution < -0.4 is 4.90 Å². The fraction of sp³-hybridized carbons (Fsp3) is 0. The lowest BCUT2D eigenvalue weighted by molar-refractivity contribution is 0.669. The molecular weight excluding hydrogens is 679 g/mol. The average Bonchev–Trinajstić information content (AvgIpc) is 3.62. The van der Waals surface area contributed by atoms with E-state index >= 15 is 0 Å². The summed E-state index contributed by atoms with van der Waals surface area (Å²) in [6, 6.07) is 69.7. The van der Waals surface area contributed by atoms with Gasteiger partial charge in [-0.3, -0.25) is 0 Å². The first-order valence-electron chi connectivity index (χ1n) is 19.0. The second kappa shape index (κ2) is 14.1.